The molecule has 1 heterocycles. The molecule has 1 aliphatic rings. The lowest BCUT2D eigenvalue weighted by molar-refractivity contribution is -0.292. The van der Waals surface area contributed by atoms with Gasteiger partial charge in [0.05, 0.1) is 5.92 Å². The minimum absolute atomic E-state index is 0.0797. The number of esters is 2. The average molecular weight is 410 g/mol. The molecular formula is C20H26O9. The second-order valence-corrected chi connectivity index (χ2v) is 6.82. The Morgan fingerprint density at radius 3 is 2.41 bits per heavy atom. The normalized spacial score (nSPS) is 28.1. The SMILES string of the molecule is CC[C@@H](C)C(=O)OC[C@H]1O[C@@H](OC(=O)C=Cc2ccc(O)cc2)[C@H](O)[C@@H](O)[C@@H]1O. The summed E-state index contributed by atoms with van der Waals surface area (Å²) in [6.07, 6.45) is -4.53. The van der Waals surface area contributed by atoms with Crippen LogP contribution in [0.2, 0.25) is 0 Å². The van der Waals surface area contributed by atoms with E-state index in [4.69, 9.17) is 14.2 Å². The summed E-state index contributed by atoms with van der Waals surface area (Å²) in [5, 5.41) is 39.3. The fraction of sp³-hybridized carbons (Fsp3) is 0.500. The zero-order chi connectivity index (χ0) is 21.6. The van der Waals surface area contributed by atoms with Gasteiger partial charge < -0.3 is 34.6 Å². The van der Waals surface area contributed by atoms with Crippen molar-refractivity contribution in [2.45, 2.75) is 51.0 Å². The summed E-state index contributed by atoms with van der Waals surface area (Å²) in [4.78, 5) is 23.8. The van der Waals surface area contributed by atoms with Crippen LogP contribution in [0.5, 0.6) is 5.75 Å². The fourth-order valence-corrected chi connectivity index (χ4v) is 2.53. The van der Waals surface area contributed by atoms with Gasteiger partial charge in [-0.25, -0.2) is 4.79 Å². The van der Waals surface area contributed by atoms with Gasteiger partial charge in [0.2, 0.25) is 6.29 Å². The number of carbonyl (C=O) groups excluding carboxylic acids is 2. The zero-order valence-corrected chi connectivity index (χ0v) is 16.2. The number of phenols is 1. The Labute approximate surface area is 168 Å². The minimum atomic E-state index is -1.68. The fourth-order valence-electron chi connectivity index (χ4n) is 2.53. The van der Waals surface area contributed by atoms with Crippen molar-refractivity contribution in [3.63, 3.8) is 0 Å². The largest absolute Gasteiger partial charge is 0.508 e. The lowest BCUT2D eigenvalue weighted by Gasteiger charge is -2.39. The van der Waals surface area contributed by atoms with Gasteiger partial charge in [0, 0.05) is 6.08 Å². The molecule has 4 N–H and O–H groups in total. The number of aliphatic hydroxyl groups is 3. The van der Waals surface area contributed by atoms with Gasteiger partial charge in [0.1, 0.15) is 36.8 Å². The van der Waals surface area contributed by atoms with Crippen LogP contribution in [0.4, 0.5) is 0 Å². The molecule has 1 saturated heterocycles. The van der Waals surface area contributed by atoms with Crippen LogP contribution in [-0.2, 0) is 23.8 Å². The molecule has 9 heteroatoms. The van der Waals surface area contributed by atoms with Crippen molar-refractivity contribution >= 4 is 18.0 Å². The highest BCUT2D eigenvalue weighted by atomic mass is 16.7. The molecule has 0 unspecified atom stereocenters. The molecule has 1 fully saturated rings. The number of aliphatic hydroxyl groups excluding tert-OH is 3. The van der Waals surface area contributed by atoms with Gasteiger partial charge in [0.25, 0.3) is 0 Å². The van der Waals surface area contributed by atoms with Crippen LogP contribution >= 0.6 is 0 Å². The molecule has 6 atom stereocenters. The van der Waals surface area contributed by atoms with E-state index in [1.54, 1.807) is 19.1 Å². The van der Waals surface area contributed by atoms with Crippen molar-refractivity contribution in [3.05, 3.63) is 35.9 Å². The highest BCUT2D eigenvalue weighted by molar-refractivity contribution is 5.87. The summed E-state index contributed by atoms with van der Waals surface area (Å²) >= 11 is 0. The first-order valence-electron chi connectivity index (χ1n) is 9.27. The number of ether oxygens (including phenoxy) is 3. The second-order valence-electron chi connectivity index (χ2n) is 6.82. The molecule has 9 nitrogen and oxygen atoms in total. The summed E-state index contributed by atoms with van der Waals surface area (Å²) < 4.78 is 15.4. The van der Waals surface area contributed by atoms with Gasteiger partial charge in [-0.2, -0.15) is 0 Å². The number of hydrogen-bond donors (Lipinski definition) is 4. The van der Waals surface area contributed by atoms with E-state index in [0.717, 1.165) is 6.08 Å². The maximum atomic E-state index is 12.0. The monoisotopic (exact) mass is 410 g/mol. The van der Waals surface area contributed by atoms with Crippen molar-refractivity contribution < 1.29 is 44.2 Å². The van der Waals surface area contributed by atoms with Crippen molar-refractivity contribution in [3.8, 4) is 5.75 Å². The van der Waals surface area contributed by atoms with Crippen molar-refractivity contribution in [1.29, 1.82) is 0 Å². The van der Waals surface area contributed by atoms with Gasteiger partial charge in [-0.05, 0) is 30.2 Å². The Kier molecular flexibility index (Phi) is 8.15. The highest BCUT2D eigenvalue weighted by Gasteiger charge is 2.46. The molecule has 1 aromatic carbocycles. The maximum absolute atomic E-state index is 12.0. The van der Waals surface area contributed by atoms with Gasteiger partial charge >= 0.3 is 11.9 Å². The number of aromatic hydroxyl groups is 1. The van der Waals surface area contributed by atoms with Crippen LogP contribution in [0.1, 0.15) is 25.8 Å². The molecule has 2 rings (SSSR count). The van der Waals surface area contributed by atoms with Gasteiger partial charge in [-0.1, -0.05) is 26.0 Å². The first kappa shape index (κ1) is 22.8. The van der Waals surface area contributed by atoms with Gasteiger partial charge in [-0.3, -0.25) is 4.79 Å². The number of hydrogen-bond acceptors (Lipinski definition) is 9. The number of rotatable bonds is 7. The number of carbonyl (C=O) groups is 2. The Morgan fingerprint density at radius 2 is 1.79 bits per heavy atom. The predicted molar refractivity (Wildman–Crippen MR) is 100 cm³/mol. The van der Waals surface area contributed by atoms with E-state index >= 15 is 0 Å². The summed E-state index contributed by atoms with van der Waals surface area (Å²) in [6.45, 7) is 3.13. The van der Waals surface area contributed by atoms with E-state index in [2.05, 4.69) is 0 Å². The first-order chi connectivity index (χ1) is 13.7. The molecule has 0 bridgehead atoms. The first-order valence-corrected chi connectivity index (χ1v) is 9.27. The molecule has 0 aromatic heterocycles. The molecule has 1 aromatic rings. The lowest BCUT2D eigenvalue weighted by atomic mass is 9.99. The number of benzene rings is 1. The summed E-state index contributed by atoms with van der Waals surface area (Å²) in [7, 11) is 0. The van der Waals surface area contributed by atoms with E-state index < -0.39 is 42.6 Å². The van der Waals surface area contributed by atoms with E-state index in [9.17, 15) is 30.0 Å². The van der Waals surface area contributed by atoms with Crippen LogP contribution in [-0.4, -0.2) is 69.7 Å². The highest BCUT2D eigenvalue weighted by Crippen LogP contribution is 2.23. The van der Waals surface area contributed by atoms with E-state index in [0.29, 0.717) is 12.0 Å². The minimum Gasteiger partial charge on any atom is -0.508 e. The van der Waals surface area contributed by atoms with Crippen LogP contribution in [0.25, 0.3) is 6.08 Å². The Morgan fingerprint density at radius 1 is 1.14 bits per heavy atom. The smallest absolute Gasteiger partial charge is 0.333 e. The third-order valence-electron chi connectivity index (χ3n) is 4.61. The van der Waals surface area contributed by atoms with Crippen LogP contribution in [0, 0.1) is 5.92 Å². The average Bonchev–Trinajstić information content (AvgIpc) is 2.71. The molecule has 29 heavy (non-hydrogen) atoms. The molecule has 0 radical (unpaired) electrons. The second kappa shape index (κ2) is 10.4. The quantitative estimate of drug-likeness (QED) is 0.370. The van der Waals surface area contributed by atoms with E-state index in [-0.39, 0.29) is 18.3 Å². The number of phenolic OH excluding ortho intramolecular Hbond substituents is 1. The molecule has 0 aliphatic carbocycles. The van der Waals surface area contributed by atoms with Gasteiger partial charge in [-0.15, -0.1) is 0 Å². The molecule has 0 spiro atoms. The Balaban J connectivity index is 1.96. The third kappa shape index (κ3) is 6.26. The standard InChI is InChI=1S/C20H26O9/c1-3-11(2)19(26)27-10-14-16(23)17(24)18(25)20(28-14)29-15(22)9-6-12-4-7-13(21)8-5-12/h4-9,11,14,16-18,20-21,23-25H,3,10H2,1-2H3/t11-,14-,16-,17+,18-,20+/m1/s1. The van der Waals surface area contributed by atoms with Crippen molar-refractivity contribution in [2.75, 3.05) is 6.61 Å². The third-order valence-corrected chi connectivity index (χ3v) is 4.61. The van der Waals surface area contributed by atoms with Crippen LogP contribution in [0.15, 0.2) is 30.3 Å². The lowest BCUT2D eigenvalue weighted by Crippen LogP contribution is -2.59. The molecule has 0 amide bonds. The van der Waals surface area contributed by atoms with E-state index in [1.807, 2.05) is 6.92 Å². The summed E-state index contributed by atoms with van der Waals surface area (Å²) in [5.74, 6) is -1.61. The Bertz CT molecular complexity index is 715. The topological polar surface area (TPSA) is 143 Å². The van der Waals surface area contributed by atoms with Crippen LogP contribution < -0.4 is 0 Å². The molecule has 160 valence electrons. The van der Waals surface area contributed by atoms with Crippen LogP contribution in [0.3, 0.4) is 0 Å². The zero-order valence-electron chi connectivity index (χ0n) is 16.2. The van der Waals surface area contributed by atoms with E-state index in [1.165, 1.54) is 18.2 Å². The van der Waals surface area contributed by atoms with Crippen molar-refractivity contribution in [2.24, 2.45) is 5.92 Å². The summed E-state index contributed by atoms with van der Waals surface area (Å²) in [5.41, 5.74) is 0.621. The Hall–Kier alpha value is -2.46. The van der Waals surface area contributed by atoms with Crippen molar-refractivity contribution in [1.82, 2.24) is 0 Å². The summed E-state index contributed by atoms with van der Waals surface area (Å²) in [6, 6.07) is 6.05. The predicted octanol–water partition coefficient (Wildman–Crippen LogP) is 0.345. The molecule has 0 saturated carbocycles. The molecule has 1 aliphatic heterocycles. The van der Waals surface area contributed by atoms with Gasteiger partial charge in [0.15, 0.2) is 0 Å². The maximum Gasteiger partial charge on any atom is 0.333 e. The molecular weight excluding hydrogens is 384 g/mol.